The number of fused-ring (bicyclic) bond motifs is 3. The van der Waals surface area contributed by atoms with E-state index >= 15 is 0 Å². The molecule has 0 spiro atoms. The Labute approximate surface area is 542 Å². The van der Waals surface area contributed by atoms with Crippen molar-refractivity contribution in [2.45, 2.75) is 91.0 Å². The molecule has 2 saturated heterocycles. The number of halogens is 1. The highest BCUT2D eigenvalue weighted by atomic mass is 32.1. The summed E-state index contributed by atoms with van der Waals surface area (Å²) in [5.41, 5.74) is 3.07. The second-order valence-electron chi connectivity index (χ2n) is 23.5. The van der Waals surface area contributed by atoms with Crippen molar-refractivity contribution in [1.29, 1.82) is 0 Å². The number of aromatic nitrogens is 16. The van der Waals surface area contributed by atoms with E-state index in [1.807, 2.05) is 36.4 Å². The molecule has 30 nitrogen and oxygen atoms in total. The second-order valence-corrected chi connectivity index (χ2v) is 24.4. The van der Waals surface area contributed by atoms with Gasteiger partial charge in [0.05, 0.1) is 36.1 Å². The fourth-order valence-corrected chi connectivity index (χ4v) is 12.1. The predicted molar refractivity (Wildman–Crippen MR) is 357 cm³/mol. The van der Waals surface area contributed by atoms with Crippen molar-refractivity contribution >= 4 is 90.8 Å². The molecule has 9 aromatic heterocycles. The van der Waals surface area contributed by atoms with Crippen LogP contribution in [-0.2, 0) is 69.3 Å². The summed E-state index contributed by atoms with van der Waals surface area (Å²) < 4.78 is 24.5. The monoisotopic (exact) mass is 1310 g/mol. The number of carbonyl (C=O) groups is 3. The Morgan fingerprint density at radius 1 is 0.600 bits per heavy atom. The molecule has 4 N–H and O–H groups in total. The summed E-state index contributed by atoms with van der Waals surface area (Å²) in [4.78, 5) is 148. The lowest BCUT2D eigenvalue weighted by molar-refractivity contribution is -0.117. The number of thiazole rings is 1. The van der Waals surface area contributed by atoms with Crippen LogP contribution in [0.15, 0.2) is 126 Å². The molecular weight excluding hydrogens is 1250 g/mol. The zero-order valence-corrected chi connectivity index (χ0v) is 54.2. The highest BCUT2D eigenvalue weighted by Crippen LogP contribution is 2.33. The summed E-state index contributed by atoms with van der Waals surface area (Å²) in [5, 5.41) is 10.4. The van der Waals surface area contributed by atoms with Gasteiger partial charge in [-0.25, -0.2) is 53.7 Å². The predicted octanol–water partition coefficient (Wildman–Crippen LogP) is 4.42. The fraction of sp³-hybridized carbons (Fsp3) is 0.333. The summed E-state index contributed by atoms with van der Waals surface area (Å²) in [7, 11) is 7.18. The Kier molecular flexibility index (Phi) is 18.6. The minimum atomic E-state index is -0.569. The SMILES string of the molecule is CC(C)c1ccc(NC(=O)Cn2cnc3c2c(=O)n(C)c(=O)n3C)cc1.C[C@H]1CCCN1c1ccc(-c2csc(NC(=O)Cn3cnc4c3c(=O)n(C)c(=O)n4C)n2)cc1F.C[C@H]1CCCN1c1ncc(-c2cccc(NC(=O)Cn3cnc4[nH]c(=O)n(C)c(=O)c43)n2)cn1. The summed E-state index contributed by atoms with van der Waals surface area (Å²) in [5.74, 6) is 0.0939. The first-order valence-corrected chi connectivity index (χ1v) is 31.3. The van der Waals surface area contributed by atoms with E-state index in [9.17, 15) is 47.5 Å². The van der Waals surface area contributed by atoms with Gasteiger partial charge < -0.3 is 39.5 Å². The average Bonchev–Trinajstić information content (AvgIpc) is 1.67. The molecule has 32 heteroatoms. The molecule has 3 amide bonds. The van der Waals surface area contributed by atoms with Crippen molar-refractivity contribution < 1.29 is 18.8 Å². The van der Waals surface area contributed by atoms with E-state index in [0.717, 1.165) is 58.0 Å². The Hall–Kier alpha value is -11.3. The Balaban J connectivity index is 0.000000147. The highest BCUT2D eigenvalue weighted by molar-refractivity contribution is 7.14. The van der Waals surface area contributed by atoms with Crippen LogP contribution >= 0.6 is 11.3 Å². The van der Waals surface area contributed by atoms with Gasteiger partial charge in [-0.15, -0.1) is 11.3 Å². The van der Waals surface area contributed by atoms with E-state index in [4.69, 9.17) is 0 Å². The summed E-state index contributed by atoms with van der Waals surface area (Å²) in [6.45, 7) is 9.84. The zero-order chi connectivity index (χ0) is 67.7. The molecule has 11 heterocycles. The molecule has 0 unspecified atom stereocenters. The van der Waals surface area contributed by atoms with E-state index in [1.54, 1.807) is 36.0 Å². The number of hydrogen-bond donors (Lipinski definition) is 4. The van der Waals surface area contributed by atoms with E-state index in [-0.39, 0.29) is 64.9 Å². The van der Waals surface area contributed by atoms with E-state index in [0.29, 0.717) is 63.2 Å². The van der Waals surface area contributed by atoms with Crippen LogP contribution in [0.25, 0.3) is 56.0 Å². The summed E-state index contributed by atoms with van der Waals surface area (Å²) in [6.07, 6.45) is 11.9. The summed E-state index contributed by atoms with van der Waals surface area (Å²) in [6, 6.07) is 18.7. The van der Waals surface area contributed by atoms with Crippen LogP contribution in [-0.4, -0.2) is 119 Å². The molecule has 2 fully saturated rings. The number of rotatable bonds is 14. The number of nitrogens with one attached hydrogen (secondary N) is 4. The Morgan fingerprint density at radius 3 is 1.72 bits per heavy atom. The smallest absolute Gasteiger partial charge is 0.332 e. The van der Waals surface area contributed by atoms with Gasteiger partial charge in [-0.05, 0) is 87.4 Å². The van der Waals surface area contributed by atoms with Gasteiger partial charge in [-0.1, -0.05) is 38.1 Å². The highest BCUT2D eigenvalue weighted by Gasteiger charge is 2.26. The van der Waals surface area contributed by atoms with Crippen LogP contribution in [0.3, 0.4) is 0 Å². The van der Waals surface area contributed by atoms with Gasteiger partial charge in [0, 0.05) is 95.0 Å². The molecular formula is C63H68FN21O9S. The number of aromatic amines is 1. The van der Waals surface area contributed by atoms with Gasteiger partial charge in [0.2, 0.25) is 23.7 Å². The van der Waals surface area contributed by atoms with Crippen LogP contribution in [0, 0.1) is 5.82 Å². The van der Waals surface area contributed by atoms with Gasteiger partial charge in [-0.3, -0.25) is 56.6 Å². The van der Waals surface area contributed by atoms with Crippen molar-refractivity contribution in [2.24, 2.45) is 35.2 Å². The molecule has 2 atom stereocenters. The first-order chi connectivity index (χ1) is 45.4. The number of amides is 3. The van der Waals surface area contributed by atoms with Crippen LogP contribution in [0.1, 0.15) is 64.9 Å². The van der Waals surface area contributed by atoms with Crippen molar-refractivity contribution in [1.82, 2.24) is 76.4 Å². The van der Waals surface area contributed by atoms with Crippen LogP contribution in [0.5, 0.6) is 0 Å². The maximum Gasteiger partial charge on any atom is 0.332 e. The number of imidazole rings is 3. The van der Waals surface area contributed by atoms with Gasteiger partial charge >= 0.3 is 17.1 Å². The van der Waals surface area contributed by atoms with Crippen LogP contribution in [0.4, 0.5) is 32.7 Å². The van der Waals surface area contributed by atoms with Crippen molar-refractivity contribution in [3.63, 3.8) is 0 Å². The lowest BCUT2D eigenvalue weighted by Crippen LogP contribution is -2.37. The maximum atomic E-state index is 14.8. The first-order valence-electron chi connectivity index (χ1n) is 30.4. The third-order valence-corrected chi connectivity index (χ3v) is 17.5. The number of aryl methyl sites for hydroxylation is 2. The maximum absolute atomic E-state index is 14.8. The Morgan fingerprint density at radius 2 is 1.15 bits per heavy atom. The molecule has 2 aromatic carbocycles. The third kappa shape index (κ3) is 13.5. The van der Waals surface area contributed by atoms with E-state index in [1.165, 1.54) is 100 Å². The van der Waals surface area contributed by atoms with Crippen molar-refractivity contribution in [2.75, 3.05) is 38.8 Å². The minimum Gasteiger partial charge on any atom is -0.366 e. The number of benzene rings is 2. The summed E-state index contributed by atoms with van der Waals surface area (Å²) >= 11 is 1.22. The number of H-pyrrole nitrogens is 1. The molecule has 0 aliphatic carbocycles. The largest absolute Gasteiger partial charge is 0.366 e. The normalized spacial score (nSPS) is 14.5. The second kappa shape index (κ2) is 27.1. The minimum absolute atomic E-state index is 0.0735. The molecule has 492 valence electrons. The van der Waals surface area contributed by atoms with Gasteiger partial charge in [-0.2, -0.15) is 0 Å². The molecule has 13 rings (SSSR count). The number of carbonyl (C=O) groups excluding carboxylic acids is 3. The number of pyridine rings is 1. The molecule has 95 heavy (non-hydrogen) atoms. The zero-order valence-electron chi connectivity index (χ0n) is 53.4. The molecule has 2 aliphatic heterocycles. The van der Waals surface area contributed by atoms with E-state index in [2.05, 4.69) is 93.3 Å². The van der Waals surface area contributed by atoms with Crippen molar-refractivity contribution in [3.8, 4) is 22.5 Å². The molecule has 0 radical (unpaired) electrons. The third-order valence-electron chi connectivity index (χ3n) is 16.7. The van der Waals surface area contributed by atoms with E-state index < -0.39 is 45.6 Å². The average molecular weight is 1310 g/mol. The molecule has 11 aromatic rings. The Bertz CT molecular complexity index is 5150. The van der Waals surface area contributed by atoms with Gasteiger partial charge in [0.25, 0.3) is 16.7 Å². The van der Waals surface area contributed by atoms with Gasteiger partial charge in [0.1, 0.15) is 31.3 Å². The molecule has 0 bridgehead atoms. The lowest BCUT2D eigenvalue weighted by Gasteiger charge is -2.24. The fourth-order valence-electron chi connectivity index (χ4n) is 11.4. The molecule has 0 saturated carbocycles. The topological polar surface area (TPSA) is 342 Å². The number of hydrogen-bond acceptors (Lipinski definition) is 19. The van der Waals surface area contributed by atoms with Gasteiger partial charge in [0.15, 0.2) is 38.6 Å². The van der Waals surface area contributed by atoms with Crippen LogP contribution in [0.2, 0.25) is 0 Å². The molecule has 2 aliphatic rings. The first kappa shape index (κ1) is 65.2. The van der Waals surface area contributed by atoms with Crippen molar-refractivity contribution in [3.05, 3.63) is 171 Å². The number of nitrogens with zero attached hydrogens (tertiary/aromatic N) is 17. The quantitative estimate of drug-likeness (QED) is 0.117. The standard InChI is InChI=1S/C23H24FN7O3S.C22H23N9O3.C18H21N5O3/c1-13-5-4-8-31(13)17-7-6-14(9-15(17)24)16-11-35-22(26-16)27-18(32)10-30-12-25-20-19(30)21(33)29(3)23(34)28(20)2;1-13-5-4-8-31(13)21-23-9-14(10-24-21)15-6-3-7-16(26-15)27-17(32)11-30-12-25-19-18(30)20(33)29(2)22(34)28-19;1-11(2)12-5-7-13(8-6-12)20-14(24)9-23-10-19-16-15(23)17(25)22(4)18(26)21(16)3/h6-7,9,11-13H,4-5,8,10H2,1-3H3,(H,26,27,32);3,6-7,9-10,12-13H,4-5,8,11H2,1-2H3,(H,28,34)(H,26,27,32);5-8,10-11H,9H2,1-4H3,(H,20,24)/t2*13-;/m00./s1. The van der Waals surface area contributed by atoms with Crippen LogP contribution < -0.4 is 59.5 Å². The number of anilines is 5. The lowest BCUT2D eigenvalue weighted by atomic mass is 10.0.